The molecular weight excluding hydrogens is 252 g/mol. The lowest BCUT2D eigenvalue weighted by Crippen LogP contribution is -2.38. The summed E-state index contributed by atoms with van der Waals surface area (Å²) >= 11 is 0. The van der Waals surface area contributed by atoms with Crippen LogP contribution in [-0.2, 0) is 9.53 Å². The first-order valence-corrected chi connectivity index (χ1v) is 8.41. The van der Waals surface area contributed by atoms with Crippen LogP contribution in [-0.4, -0.2) is 50.2 Å². The Labute approximate surface area is 123 Å². The molecule has 2 rings (SSSR count). The van der Waals surface area contributed by atoms with Gasteiger partial charge < -0.3 is 10.1 Å². The number of ether oxygens (including phenoxy) is 1. The molecule has 0 bridgehead atoms. The maximum absolute atomic E-state index is 11.8. The van der Waals surface area contributed by atoms with Gasteiger partial charge in [0.05, 0.1) is 13.2 Å². The molecule has 2 aliphatic rings. The van der Waals surface area contributed by atoms with Gasteiger partial charge in [0.25, 0.3) is 0 Å². The first-order valence-electron chi connectivity index (χ1n) is 8.41. The van der Waals surface area contributed by atoms with E-state index in [0.29, 0.717) is 0 Å². The topological polar surface area (TPSA) is 41.6 Å². The maximum atomic E-state index is 11.8. The van der Waals surface area contributed by atoms with E-state index in [2.05, 4.69) is 10.2 Å². The second kappa shape index (κ2) is 9.35. The van der Waals surface area contributed by atoms with Gasteiger partial charge in [0.15, 0.2) is 0 Å². The summed E-state index contributed by atoms with van der Waals surface area (Å²) in [4.78, 5) is 14.2. The highest BCUT2D eigenvalue weighted by Gasteiger charge is 2.14. The predicted octanol–water partition coefficient (Wildman–Crippen LogP) is 2.19. The second-order valence-electron chi connectivity index (χ2n) is 6.20. The van der Waals surface area contributed by atoms with Crippen molar-refractivity contribution in [2.24, 2.45) is 5.92 Å². The summed E-state index contributed by atoms with van der Waals surface area (Å²) < 4.78 is 5.32. The molecule has 20 heavy (non-hydrogen) atoms. The third kappa shape index (κ3) is 6.23. The summed E-state index contributed by atoms with van der Waals surface area (Å²) in [5.74, 6) is 1.06. The molecule has 0 aromatic rings. The Balaban J connectivity index is 1.45. The van der Waals surface area contributed by atoms with Crippen LogP contribution in [0.25, 0.3) is 0 Å². The Bertz CT molecular complexity index is 272. The van der Waals surface area contributed by atoms with Gasteiger partial charge in [0.2, 0.25) is 5.91 Å². The van der Waals surface area contributed by atoms with Crippen LogP contribution in [0, 0.1) is 5.92 Å². The molecule has 1 aliphatic carbocycles. The molecule has 0 unspecified atom stereocenters. The second-order valence-corrected chi connectivity index (χ2v) is 6.20. The van der Waals surface area contributed by atoms with E-state index < -0.39 is 0 Å². The Morgan fingerprint density at radius 1 is 1.15 bits per heavy atom. The normalized spacial score (nSPS) is 21.8. The number of hydrogen-bond acceptors (Lipinski definition) is 3. The third-order valence-corrected chi connectivity index (χ3v) is 4.58. The monoisotopic (exact) mass is 282 g/mol. The van der Waals surface area contributed by atoms with Crippen molar-refractivity contribution in [2.45, 2.75) is 51.4 Å². The van der Waals surface area contributed by atoms with Gasteiger partial charge in [-0.15, -0.1) is 0 Å². The fraction of sp³-hybridized carbons (Fsp3) is 0.938. The molecule has 0 spiro atoms. The Kier molecular flexibility index (Phi) is 7.37. The molecule has 4 heteroatoms. The quantitative estimate of drug-likeness (QED) is 0.728. The Hall–Kier alpha value is -0.610. The highest BCUT2D eigenvalue weighted by atomic mass is 16.5. The molecule has 1 amide bonds. The van der Waals surface area contributed by atoms with Gasteiger partial charge in [0, 0.05) is 26.1 Å². The highest BCUT2D eigenvalue weighted by molar-refractivity contribution is 5.75. The molecular formula is C16H30N2O2. The number of morpholine rings is 1. The molecule has 1 N–H and O–H groups in total. The zero-order valence-corrected chi connectivity index (χ0v) is 12.7. The zero-order chi connectivity index (χ0) is 14.0. The van der Waals surface area contributed by atoms with Gasteiger partial charge in [-0.05, 0) is 25.3 Å². The molecule has 0 atom stereocenters. The molecule has 2 fully saturated rings. The maximum Gasteiger partial charge on any atom is 0.220 e. The van der Waals surface area contributed by atoms with Crippen LogP contribution in [0.3, 0.4) is 0 Å². The van der Waals surface area contributed by atoms with Gasteiger partial charge in [0.1, 0.15) is 0 Å². The lowest BCUT2D eigenvalue weighted by atomic mass is 9.86. The van der Waals surface area contributed by atoms with Crippen LogP contribution < -0.4 is 5.32 Å². The minimum atomic E-state index is 0.248. The van der Waals surface area contributed by atoms with E-state index in [9.17, 15) is 4.79 Å². The van der Waals surface area contributed by atoms with Crippen molar-refractivity contribution in [3.8, 4) is 0 Å². The van der Waals surface area contributed by atoms with Gasteiger partial charge in [-0.2, -0.15) is 0 Å². The van der Waals surface area contributed by atoms with Crippen molar-refractivity contribution < 1.29 is 9.53 Å². The van der Waals surface area contributed by atoms with Crippen molar-refractivity contribution in [1.82, 2.24) is 10.2 Å². The largest absolute Gasteiger partial charge is 0.379 e. The number of rotatable bonds is 7. The molecule has 4 nitrogen and oxygen atoms in total. The molecule has 116 valence electrons. The Morgan fingerprint density at radius 2 is 1.90 bits per heavy atom. The lowest BCUT2D eigenvalue weighted by molar-refractivity contribution is -0.121. The molecule has 0 aromatic carbocycles. The summed E-state index contributed by atoms with van der Waals surface area (Å²) in [6.45, 7) is 5.68. The number of carbonyl (C=O) groups excluding carboxylic acids is 1. The summed E-state index contributed by atoms with van der Waals surface area (Å²) in [6, 6.07) is 0. The van der Waals surface area contributed by atoms with Crippen LogP contribution >= 0.6 is 0 Å². The van der Waals surface area contributed by atoms with E-state index in [1.54, 1.807) is 0 Å². The standard InChI is InChI=1S/C16H30N2O2/c19-16(8-7-15-5-2-1-3-6-15)17-9-4-10-18-11-13-20-14-12-18/h15H,1-14H2,(H,17,19). The van der Waals surface area contributed by atoms with Crippen molar-refractivity contribution in [3.05, 3.63) is 0 Å². The van der Waals surface area contributed by atoms with Crippen LogP contribution in [0.4, 0.5) is 0 Å². The van der Waals surface area contributed by atoms with E-state index in [0.717, 1.165) is 64.6 Å². The number of amides is 1. The fourth-order valence-electron chi connectivity index (χ4n) is 3.25. The minimum Gasteiger partial charge on any atom is -0.379 e. The van der Waals surface area contributed by atoms with Gasteiger partial charge in [-0.25, -0.2) is 0 Å². The summed E-state index contributed by atoms with van der Waals surface area (Å²) in [5.41, 5.74) is 0. The molecule has 1 saturated carbocycles. The molecule has 0 radical (unpaired) electrons. The third-order valence-electron chi connectivity index (χ3n) is 4.58. The lowest BCUT2D eigenvalue weighted by Gasteiger charge is -2.26. The first kappa shape index (κ1) is 15.8. The fourth-order valence-corrected chi connectivity index (χ4v) is 3.25. The Morgan fingerprint density at radius 3 is 2.65 bits per heavy atom. The van der Waals surface area contributed by atoms with E-state index in [1.807, 2.05) is 0 Å². The number of nitrogens with zero attached hydrogens (tertiary/aromatic N) is 1. The average molecular weight is 282 g/mol. The number of nitrogens with one attached hydrogen (secondary N) is 1. The van der Waals surface area contributed by atoms with E-state index in [4.69, 9.17) is 4.74 Å². The number of hydrogen-bond donors (Lipinski definition) is 1. The number of carbonyl (C=O) groups is 1. The van der Waals surface area contributed by atoms with Gasteiger partial charge in [-0.1, -0.05) is 32.1 Å². The van der Waals surface area contributed by atoms with Crippen LogP contribution in [0.2, 0.25) is 0 Å². The first-order chi connectivity index (χ1) is 9.84. The zero-order valence-electron chi connectivity index (χ0n) is 12.7. The van der Waals surface area contributed by atoms with Crippen molar-refractivity contribution >= 4 is 5.91 Å². The minimum absolute atomic E-state index is 0.248. The summed E-state index contributed by atoms with van der Waals surface area (Å²) in [5, 5.41) is 3.06. The smallest absolute Gasteiger partial charge is 0.220 e. The predicted molar refractivity (Wildman–Crippen MR) is 80.7 cm³/mol. The molecule has 1 aliphatic heterocycles. The van der Waals surface area contributed by atoms with Gasteiger partial charge in [-0.3, -0.25) is 9.69 Å². The summed E-state index contributed by atoms with van der Waals surface area (Å²) in [6.07, 6.45) is 9.67. The van der Waals surface area contributed by atoms with E-state index in [-0.39, 0.29) is 5.91 Å². The molecule has 1 saturated heterocycles. The van der Waals surface area contributed by atoms with Crippen molar-refractivity contribution in [2.75, 3.05) is 39.4 Å². The van der Waals surface area contributed by atoms with Crippen LogP contribution in [0.15, 0.2) is 0 Å². The molecule has 1 heterocycles. The van der Waals surface area contributed by atoms with Crippen LogP contribution in [0.1, 0.15) is 51.4 Å². The van der Waals surface area contributed by atoms with Crippen molar-refractivity contribution in [1.29, 1.82) is 0 Å². The highest BCUT2D eigenvalue weighted by Crippen LogP contribution is 2.27. The van der Waals surface area contributed by atoms with Crippen LogP contribution in [0.5, 0.6) is 0 Å². The van der Waals surface area contributed by atoms with Gasteiger partial charge >= 0.3 is 0 Å². The van der Waals surface area contributed by atoms with E-state index in [1.165, 1.54) is 32.1 Å². The summed E-state index contributed by atoms with van der Waals surface area (Å²) in [7, 11) is 0. The molecule has 0 aromatic heterocycles. The van der Waals surface area contributed by atoms with Crippen molar-refractivity contribution in [3.63, 3.8) is 0 Å². The van der Waals surface area contributed by atoms with E-state index >= 15 is 0 Å². The SMILES string of the molecule is O=C(CCC1CCCCC1)NCCCN1CCOCC1. The average Bonchev–Trinajstić information content (AvgIpc) is 2.52.